The lowest BCUT2D eigenvalue weighted by Crippen LogP contribution is -2.43. The van der Waals surface area contributed by atoms with Crippen molar-refractivity contribution >= 4 is 39.4 Å². The summed E-state index contributed by atoms with van der Waals surface area (Å²) in [7, 11) is -3.86. The molecule has 1 aromatic rings. The molecular formula is C16H24ClNO4S2. The Bertz CT molecular complexity index is 690. The first-order valence-corrected chi connectivity index (χ1v) is 10.8. The number of benzene rings is 1. The second-order valence-corrected chi connectivity index (χ2v) is 8.88. The van der Waals surface area contributed by atoms with Crippen LogP contribution in [-0.2, 0) is 19.6 Å². The smallest absolute Gasteiger partial charge is 0.324 e. The Kier molecular flexibility index (Phi) is 8.05. The maximum absolute atomic E-state index is 12.7. The average molecular weight is 394 g/mol. The van der Waals surface area contributed by atoms with E-state index < -0.39 is 22.0 Å². The Balaban J connectivity index is 3.11. The van der Waals surface area contributed by atoms with Gasteiger partial charge in [0.15, 0.2) is 0 Å². The quantitative estimate of drug-likeness (QED) is 0.686. The minimum Gasteiger partial charge on any atom is -0.462 e. The third kappa shape index (κ3) is 5.95. The molecule has 1 aromatic carbocycles. The SMILES string of the molecule is CSCCC(NS(=O)(=O)c1cc(C)c(Cl)cc1C)C(=O)OC(C)C. The summed E-state index contributed by atoms with van der Waals surface area (Å²) < 4.78 is 33.1. The second kappa shape index (κ2) is 9.08. The predicted molar refractivity (Wildman–Crippen MR) is 99.3 cm³/mol. The highest BCUT2D eigenvalue weighted by Crippen LogP contribution is 2.24. The van der Waals surface area contributed by atoms with Crippen LogP contribution in [0.25, 0.3) is 0 Å². The van der Waals surface area contributed by atoms with Crippen LogP contribution in [0.15, 0.2) is 17.0 Å². The number of hydrogen-bond donors (Lipinski definition) is 1. The number of halogens is 1. The third-order valence-electron chi connectivity index (χ3n) is 3.29. The van der Waals surface area contributed by atoms with E-state index in [-0.39, 0.29) is 11.0 Å². The Labute approximate surface area is 153 Å². The summed E-state index contributed by atoms with van der Waals surface area (Å²) in [6.07, 6.45) is 1.95. The fourth-order valence-electron chi connectivity index (χ4n) is 2.07. The highest BCUT2D eigenvalue weighted by molar-refractivity contribution is 7.98. The van der Waals surface area contributed by atoms with Crippen molar-refractivity contribution in [1.29, 1.82) is 0 Å². The summed E-state index contributed by atoms with van der Waals surface area (Å²) >= 11 is 7.56. The number of thioether (sulfide) groups is 1. The lowest BCUT2D eigenvalue weighted by atomic mass is 10.2. The van der Waals surface area contributed by atoms with Gasteiger partial charge in [-0.3, -0.25) is 4.79 Å². The molecule has 1 atom stereocenters. The van der Waals surface area contributed by atoms with Crippen molar-refractivity contribution in [2.24, 2.45) is 0 Å². The minimum atomic E-state index is -3.86. The highest BCUT2D eigenvalue weighted by atomic mass is 35.5. The number of aryl methyl sites for hydroxylation is 2. The van der Waals surface area contributed by atoms with Crippen LogP contribution < -0.4 is 4.72 Å². The summed E-state index contributed by atoms with van der Waals surface area (Å²) in [5, 5.41) is 0.504. The lowest BCUT2D eigenvalue weighted by Gasteiger charge is -2.20. The number of rotatable bonds is 8. The zero-order valence-electron chi connectivity index (χ0n) is 14.6. The van der Waals surface area contributed by atoms with Crippen LogP contribution in [0.3, 0.4) is 0 Å². The molecule has 1 N–H and O–H groups in total. The zero-order chi connectivity index (χ0) is 18.5. The van der Waals surface area contributed by atoms with E-state index in [4.69, 9.17) is 16.3 Å². The molecule has 8 heteroatoms. The maximum atomic E-state index is 12.7. The Morgan fingerprint density at radius 3 is 2.46 bits per heavy atom. The Morgan fingerprint density at radius 2 is 1.92 bits per heavy atom. The van der Waals surface area contributed by atoms with Gasteiger partial charge >= 0.3 is 5.97 Å². The van der Waals surface area contributed by atoms with Crippen LogP contribution in [0.1, 0.15) is 31.4 Å². The van der Waals surface area contributed by atoms with Crippen LogP contribution in [-0.4, -0.2) is 38.5 Å². The van der Waals surface area contributed by atoms with E-state index in [2.05, 4.69) is 4.72 Å². The molecule has 0 aromatic heterocycles. The molecule has 136 valence electrons. The van der Waals surface area contributed by atoms with Gasteiger partial charge in [0.05, 0.1) is 11.0 Å². The molecule has 0 aliphatic heterocycles. The highest BCUT2D eigenvalue weighted by Gasteiger charge is 2.28. The van der Waals surface area contributed by atoms with Crippen molar-refractivity contribution in [3.63, 3.8) is 0 Å². The van der Waals surface area contributed by atoms with E-state index in [0.717, 1.165) is 0 Å². The molecule has 0 amide bonds. The van der Waals surface area contributed by atoms with Gasteiger partial charge in [-0.2, -0.15) is 16.5 Å². The molecular weight excluding hydrogens is 370 g/mol. The van der Waals surface area contributed by atoms with Crippen LogP contribution in [0, 0.1) is 13.8 Å². The van der Waals surface area contributed by atoms with Crippen molar-refractivity contribution in [2.45, 2.75) is 51.2 Å². The van der Waals surface area contributed by atoms with E-state index >= 15 is 0 Å². The molecule has 0 aliphatic rings. The number of ether oxygens (including phenoxy) is 1. The fourth-order valence-corrected chi connectivity index (χ4v) is 4.29. The normalized spacial score (nSPS) is 13.1. The lowest BCUT2D eigenvalue weighted by molar-refractivity contribution is -0.149. The van der Waals surface area contributed by atoms with Crippen LogP contribution >= 0.6 is 23.4 Å². The van der Waals surface area contributed by atoms with E-state index in [1.807, 2.05) is 6.26 Å². The van der Waals surface area contributed by atoms with Crippen molar-refractivity contribution in [3.8, 4) is 0 Å². The van der Waals surface area contributed by atoms with Gasteiger partial charge in [0.1, 0.15) is 6.04 Å². The summed E-state index contributed by atoms with van der Waals surface area (Å²) in [5.41, 5.74) is 1.19. The summed E-state index contributed by atoms with van der Waals surface area (Å²) in [5.74, 6) is 0.0740. The molecule has 0 saturated heterocycles. The number of sulfonamides is 1. The Hall–Kier alpha value is -0.760. The number of esters is 1. The monoisotopic (exact) mass is 393 g/mol. The number of carbonyl (C=O) groups excluding carboxylic acids is 1. The molecule has 0 saturated carbocycles. The van der Waals surface area contributed by atoms with Crippen molar-refractivity contribution in [1.82, 2.24) is 4.72 Å². The number of nitrogens with one attached hydrogen (secondary N) is 1. The van der Waals surface area contributed by atoms with Gasteiger partial charge < -0.3 is 4.74 Å². The van der Waals surface area contributed by atoms with E-state index in [9.17, 15) is 13.2 Å². The number of hydrogen-bond acceptors (Lipinski definition) is 5. The van der Waals surface area contributed by atoms with Gasteiger partial charge in [0.25, 0.3) is 0 Å². The first-order valence-electron chi connectivity index (χ1n) is 7.57. The van der Waals surface area contributed by atoms with Gasteiger partial charge in [-0.05, 0) is 69.4 Å². The molecule has 5 nitrogen and oxygen atoms in total. The third-order valence-corrected chi connectivity index (χ3v) is 5.95. The predicted octanol–water partition coefficient (Wildman–Crippen LogP) is 3.31. The summed E-state index contributed by atoms with van der Waals surface area (Å²) in [4.78, 5) is 12.3. The standard InChI is InChI=1S/C16H24ClNO4S2/c1-10(2)22-16(19)14(6-7-23-5)18-24(20,21)15-9-11(3)13(17)8-12(15)4/h8-10,14,18H,6-7H2,1-5H3. The van der Waals surface area contributed by atoms with E-state index in [1.165, 1.54) is 17.8 Å². The largest absolute Gasteiger partial charge is 0.462 e. The van der Waals surface area contributed by atoms with Crippen molar-refractivity contribution in [2.75, 3.05) is 12.0 Å². The van der Waals surface area contributed by atoms with Crippen molar-refractivity contribution in [3.05, 3.63) is 28.3 Å². The first-order chi connectivity index (χ1) is 11.1. The fraction of sp³-hybridized carbons (Fsp3) is 0.562. The summed E-state index contributed by atoms with van der Waals surface area (Å²) in [6.45, 7) is 6.86. The molecule has 0 bridgehead atoms. The molecule has 24 heavy (non-hydrogen) atoms. The minimum absolute atomic E-state index is 0.121. The second-order valence-electron chi connectivity index (χ2n) is 5.81. The van der Waals surface area contributed by atoms with Gasteiger partial charge in [-0.25, -0.2) is 8.42 Å². The van der Waals surface area contributed by atoms with Gasteiger partial charge in [-0.1, -0.05) is 11.6 Å². The van der Waals surface area contributed by atoms with Crippen LogP contribution in [0.5, 0.6) is 0 Å². The van der Waals surface area contributed by atoms with Gasteiger partial charge in [0.2, 0.25) is 10.0 Å². The molecule has 1 unspecified atom stereocenters. The van der Waals surface area contributed by atoms with Crippen LogP contribution in [0.4, 0.5) is 0 Å². The van der Waals surface area contributed by atoms with Crippen LogP contribution in [0.2, 0.25) is 5.02 Å². The van der Waals surface area contributed by atoms with Gasteiger partial charge in [-0.15, -0.1) is 0 Å². The molecule has 0 radical (unpaired) electrons. The molecule has 0 heterocycles. The molecule has 0 fully saturated rings. The molecule has 0 aliphatic carbocycles. The number of carbonyl (C=O) groups is 1. The molecule has 0 spiro atoms. The zero-order valence-corrected chi connectivity index (χ0v) is 16.9. The topological polar surface area (TPSA) is 72.5 Å². The van der Waals surface area contributed by atoms with Gasteiger partial charge in [0, 0.05) is 5.02 Å². The van der Waals surface area contributed by atoms with Crippen molar-refractivity contribution < 1.29 is 17.9 Å². The summed E-state index contributed by atoms with van der Waals surface area (Å²) in [6, 6.07) is 2.20. The average Bonchev–Trinajstić information content (AvgIpc) is 2.46. The van der Waals surface area contributed by atoms with E-state index in [1.54, 1.807) is 33.8 Å². The maximum Gasteiger partial charge on any atom is 0.324 e. The Morgan fingerprint density at radius 1 is 1.29 bits per heavy atom. The molecule has 1 rings (SSSR count). The first kappa shape index (κ1) is 21.3. The van der Waals surface area contributed by atoms with E-state index in [0.29, 0.717) is 28.3 Å².